The molecule has 0 N–H and O–H groups in total. The predicted molar refractivity (Wildman–Crippen MR) is 86.3 cm³/mol. The zero-order valence-electron chi connectivity index (χ0n) is 13.9. The van der Waals surface area contributed by atoms with Gasteiger partial charge in [-0.25, -0.2) is 8.42 Å². The van der Waals surface area contributed by atoms with Crippen molar-refractivity contribution in [2.24, 2.45) is 0 Å². The molecule has 1 fully saturated rings. The number of aryl methyl sites for hydroxylation is 3. The van der Waals surface area contributed by atoms with E-state index in [1.807, 2.05) is 32.9 Å². The number of benzene rings is 1. The molecule has 22 heavy (non-hydrogen) atoms. The highest BCUT2D eigenvalue weighted by Gasteiger charge is 2.41. The third-order valence-corrected chi connectivity index (χ3v) is 6.32. The van der Waals surface area contributed by atoms with Crippen LogP contribution in [-0.4, -0.2) is 50.2 Å². The van der Waals surface area contributed by atoms with Crippen LogP contribution in [0.1, 0.15) is 29.5 Å². The second kappa shape index (κ2) is 6.01. The highest BCUT2D eigenvalue weighted by Crippen LogP contribution is 2.31. The summed E-state index contributed by atoms with van der Waals surface area (Å²) in [4.78, 5) is 14.1. The quantitative estimate of drug-likeness (QED) is 0.852. The van der Waals surface area contributed by atoms with Crippen LogP contribution in [0.3, 0.4) is 0 Å². The third-order valence-electron chi connectivity index (χ3n) is 4.10. The lowest BCUT2D eigenvalue weighted by Crippen LogP contribution is -2.45. The van der Waals surface area contributed by atoms with E-state index in [4.69, 9.17) is 0 Å². The molecule has 122 valence electrons. The van der Waals surface area contributed by atoms with Gasteiger partial charge in [-0.3, -0.25) is 4.79 Å². The molecule has 0 aromatic heterocycles. The molecule has 1 saturated heterocycles. The van der Waals surface area contributed by atoms with E-state index in [1.165, 1.54) is 9.21 Å². The Morgan fingerprint density at radius 1 is 1.18 bits per heavy atom. The van der Waals surface area contributed by atoms with Crippen LogP contribution < -0.4 is 0 Å². The van der Waals surface area contributed by atoms with Gasteiger partial charge < -0.3 is 4.90 Å². The van der Waals surface area contributed by atoms with E-state index in [2.05, 4.69) is 0 Å². The maximum Gasteiger partial charge on any atom is 0.244 e. The molecule has 1 amide bonds. The third kappa shape index (κ3) is 2.90. The van der Waals surface area contributed by atoms with E-state index in [1.54, 1.807) is 14.1 Å². The molecule has 0 saturated carbocycles. The molecule has 0 radical (unpaired) electrons. The van der Waals surface area contributed by atoms with Gasteiger partial charge in [0.1, 0.15) is 6.04 Å². The molecule has 1 aliphatic rings. The van der Waals surface area contributed by atoms with Crippen LogP contribution in [0.4, 0.5) is 0 Å². The van der Waals surface area contributed by atoms with Crippen LogP contribution in [0.2, 0.25) is 0 Å². The first-order valence-electron chi connectivity index (χ1n) is 7.47. The summed E-state index contributed by atoms with van der Waals surface area (Å²) in [6.45, 7) is 5.97. The SMILES string of the molecule is Cc1cc(C)c(S(=O)(=O)N2CCC[C@H]2C(=O)N(C)C)c(C)c1. The van der Waals surface area contributed by atoms with Crippen molar-refractivity contribution in [3.63, 3.8) is 0 Å². The van der Waals surface area contributed by atoms with Crippen molar-refractivity contribution in [3.05, 3.63) is 28.8 Å². The number of likely N-dealkylation sites (N-methyl/N-ethyl adjacent to an activating group) is 1. The summed E-state index contributed by atoms with van der Waals surface area (Å²) in [5.41, 5.74) is 2.51. The maximum absolute atomic E-state index is 13.1. The lowest BCUT2D eigenvalue weighted by Gasteiger charge is -2.27. The molecule has 0 bridgehead atoms. The molecule has 1 heterocycles. The molecule has 6 heteroatoms. The van der Waals surface area contributed by atoms with Crippen LogP contribution in [-0.2, 0) is 14.8 Å². The standard InChI is InChI=1S/C16H24N2O3S/c1-11-9-12(2)15(13(3)10-11)22(20,21)18-8-6-7-14(18)16(19)17(4)5/h9-10,14H,6-8H2,1-5H3/t14-/m0/s1. The van der Waals surface area contributed by atoms with Crippen molar-refractivity contribution in [2.45, 2.75) is 44.6 Å². The minimum Gasteiger partial charge on any atom is -0.347 e. The first-order valence-corrected chi connectivity index (χ1v) is 8.91. The second-order valence-corrected chi connectivity index (χ2v) is 8.06. The van der Waals surface area contributed by atoms with Crippen molar-refractivity contribution in [1.82, 2.24) is 9.21 Å². The zero-order valence-corrected chi connectivity index (χ0v) is 14.7. The monoisotopic (exact) mass is 324 g/mol. The second-order valence-electron chi connectivity index (χ2n) is 6.23. The molecule has 1 atom stereocenters. The molecule has 1 aliphatic heterocycles. The number of rotatable bonds is 3. The normalized spacial score (nSPS) is 19.4. The smallest absolute Gasteiger partial charge is 0.244 e. The van der Waals surface area contributed by atoms with E-state index < -0.39 is 16.1 Å². The number of sulfonamides is 1. The Kier molecular flexibility index (Phi) is 4.63. The molecule has 1 aromatic carbocycles. The van der Waals surface area contributed by atoms with Crippen LogP contribution in [0.25, 0.3) is 0 Å². The Morgan fingerprint density at radius 3 is 2.23 bits per heavy atom. The van der Waals surface area contributed by atoms with Crippen molar-refractivity contribution in [1.29, 1.82) is 0 Å². The summed E-state index contributed by atoms with van der Waals surface area (Å²) < 4.78 is 27.5. The number of carbonyl (C=O) groups excluding carboxylic acids is 1. The van der Waals surface area contributed by atoms with Crippen molar-refractivity contribution in [2.75, 3.05) is 20.6 Å². The van der Waals surface area contributed by atoms with E-state index >= 15 is 0 Å². The average Bonchev–Trinajstić information content (AvgIpc) is 2.85. The fourth-order valence-corrected chi connectivity index (χ4v) is 5.33. The van der Waals surface area contributed by atoms with E-state index in [9.17, 15) is 13.2 Å². The van der Waals surface area contributed by atoms with Crippen molar-refractivity contribution < 1.29 is 13.2 Å². The van der Waals surface area contributed by atoms with Gasteiger partial charge in [0.25, 0.3) is 0 Å². The fourth-order valence-electron chi connectivity index (χ4n) is 3.26. The van der Waals surface area contributed by atoms with Gasteiger partial charge in [0, 0.05) is 20.6 Å². The van der Waals surface area contributed by atoms with Gasteiger partial charge in [-0.05, 0) is 44.7 Å². The summed E-state index contributed by atoms with van der Waals surface area (Å²) >= 11 is 0. The van der Waals surface area contributed by atoms with Crippen LogP contribution >= 0.6 is 0 Å². The minimum atomic E-state index is -3.66. The first kappa shape index (κ1) is 17.0. The number of amides is 1. The highest BCUT2D eigenvalue weighted by atomic mass is 32.2. The van der Waals surface area contributed by atoms with Crippen LogP contribution in [0.15, 0.2) is 17.0 Å². The van der Waals surface area contributed by atoms with Crippen molar-refractivity contribution in [3.8, 4) is 0 Å². The topological polar surface area (TPSA) is 57.7 Å². The number of hydrogen-bond donors (Lipinski definition) is 0. The van der Waals surface area contributed by atoms with Gasteiger partial charge >= 0.3 is 0 Å². The Hall–Kier alpha value is -1.40. The summed E-state index contributed by atoms with van der Waals surface area (Å²) in [5.74, 6) is -0.150. The fraction of sp³-hybridized carbons (Fsp3) is 0.562. The van der Waals surface area contributed by atoms with Gasteiger partial charge in [0.2, 0.25) is 15.9 Å². The molecule has 5 nitrogen and oxygen atoms in total. The van der Waals surface area contributed by atoms with E-state index in [-0.39, 0.29) is 5.91 Å². The van der Waals surface area contributed by atoms with E-state index in [0.29, 0.717) is 24.3 Å². The van der Waals surface area contributed by atoms with Gasteiger partial charge in [0.15, 0.2) is 0 Å². The molecule has 1 aromatic rings. The van der Waals surface area contributed by atoms with Gasteiger partial charge in [-0.2, -0.15) is 4.31 Å². The summed E-state index contributed by atoms with van der Waals surface area (Å²) in [6.07, 6.45) is 1.30. The molecule has 0 spiro atoms. The lowest BCUT2D eigenvalue weighted by atomic mass is 10.1. The molecular formula is C16H24N2O3S. The number of carbonyl (C=O) groups is 1. The summed E-state index contributed by atoms with van der Waals surface area (Å²) in [6, 6.07) is 3.16. The predicted octanol–water partition coefficient (Wildman–Crippen LogP) is 1.85. The number of hydrogen-bond acceptors (Lipinski definition) is 3. The van der Waals surface area contributed by atoms with Gasteiger partial charge in [-0.1, -0.05) is 17.7 Å². The Labute approximate surface area is 133 Å². The van der Waals surface area contributed by atoms with Crippen LogP contribution in [0, 0.1) is 20.8 Å². The van der Waals surface area contributed by atoms with Gasteiger partial charge in [-0.15, -0.1) is 0 Å². The molecular weight excluding hydrogens is 300 g/mol. The first-order chi connectivity index (χ1) is 10.2. The minimum absolute atomic E-state index is 0.150. The van der Waals surface area contributed by atoms with Crippen molar-refractivity contribution >= 4 is 15.9 Å². The largest absolute Gasteiger partial charge is 0.347 e. The summed E-state index contributed by atoms with van der Waals surface area (Å²) in [5, 5.41) is 0. The van der Waals surface area contributed by atoms with Crippen LogP contribution in [0.5, 0.6) is 0 Å². The number of nitrogens with zero attached hydrogens (tertiary/aromatic N) is 2. The van der Waals surface area contributed by atoms with Gasteiger partial charge in [0.05, 0.1) is 4.90 Å². The zero-order chi connectivity index (χ0) is 16.7. The maximum atomic E-state index is 13.1. The Morgan fingerprint density at radius 2 is 1.73 bits per heavy atom. The molecule has 2 rings (SSSR count). The average molecular weight is 324 g/mol. The highest BCUT2D eigenvalue weighted by molar-refractivity contribution is 7.89. The lowest BCUT2D eigenvalue weighted by molar-refractivity contribution is -0.132. The molecule has 0 aliphatic carbocycles. The Balaban J connectivity index is 2.49. The Bertz CT molecular complexity index is 672. The molecule has 0 unspecified atom stereocenters. The van der Waals surface area contributed by atoms with E-state index in [0.717, 1.165) is 16.7 Å². The summed E-state index contributed by atoms with van der Waals surface area (Å²) in [7, 11) is -0.338.